The smallest absolute Gasteiger partial charge is 0.157 e. The van der Waals surface area contributed by atoms with Crippen LogP contribution in [0, 0.1) is 0 Å². The lowest BCUT2D eigenvalue weighted by Gasteiger charge is -1.94. The Morgan fingerprint density at radius 2 is 2.00 bits per heavy atom. The van der Waals surface area contributed by atoms with Crippen LogP contribution >= 0.6 is 21.6 Å². The molecule has 0 unspecified atom stereocenters. The van der Waals surface area contributed by atoms with Crippen LogP contribution in [0.1, 0.15) is 6.92 Å². The van der Waals surface area contributed by atoms with Crippen LogP contribution in [0.3, 0.4) is 0 Å². The molecule has 0 radical (unpaired) electrons. The van der Waals surface area contributed by atoms with Gasteiger partial charge in [-0.05, 0) is 12.3 Å². The highest BCUT2D eigenvalue weighted by molar-refractivity contribution is 8.77. The lowest BCUT2D eigenvalue weighted by Crippen LogP contribution is -2.06. The van der Waals surface area contributed by atoms with Crippen molar-refractivity contribution in [1.82, 2.24) is 0 Å². The predicted octanol–water partition coefficient (Wildman–Crippen LogP) is 3.06. The van der Waals surface area contributed by atoms with Crippen LogP contribution in [0.25, 0.3) is 0 Å². The maximum absolute atomic E-state index is 11.2. The second kappa shape index (κ2) is 9.12. The highest BCUT2D eigenvalue weighted by Gasteiger charge is 2.03. The van der Waals surface area contributed by atoms with Gasteiger partial charge in [-0.3, -0.25) is 0 Å². The van der Waals surface area contributed by atoms with Gasteiger partial charge in [-0.1, -0.05) is 45.9 Å². The topological polar surface area (TPSA) is 34.1 Å². The summed E-state index contributed by atoms with van der Waals surface area (Å²) < 4.78 is 22.4. The van der Waals surface area contributed by atoms with Gasteiger partial charge in [0.2, 0.25) is 0 Å². The molecule has 0 spiro atoms. The summed E-state index contributed by atoms with van der Waals surface area (Å²) in [5.74, 6) is 1.08. The molecule has 0 N–H and O–H groups in total. The molecule has 0 saturated heterocycles. The SMILES string of the molecule is C=CCS(=O)(=O)CC=CSSCC=CC. The molecule has 15 heavy (non-hydrogen) atoms. The molecule has 0 amide bonds. The molecule has 86 valence electrons. The average Bonchev–Trinajstić information content (AvgIpc) is 2.16. The van der Waals surface area contributed by atoms with E-state index in [-0.39, 0.29) is 11.5 Å². The molecule has 0 atom stereocenters. The molecule has 0 rings (SSSR count). The van der Waals surface area contributed by atoms with Crippen LogP contribution in [-0.4, -0.2) is 25.7 Å². The van der Waals surface area contributed by atoms with Crippen molar-refractivity contribution >= 4 is 31.4 Å². The largest absolute Gasteiger partial charge is 0.228 e. The van der Waals surface area contributed by atoms with E-state index >= 15 is 0 Å². The van der Waals surface area contributed by atoms with E-state index in [1.54, 1.807) is 27.7 Å². The minimum Gasteiger partial charge on any atom is -0.228 e. The van der Waals surface area contributed by atoms with Crippen molar-refractivity contribution in [3.05, 3.63) is 36.3 Å². The molecule has 0 bridgehead atoms. The fourth-order valence-electron chi connectivity index (χ4n) is 0.687. The van der Waals surface area contributed by atoms with Crippen molar-refractivity contribution in [1.29, 1.82) is 0 Å². The summed E-state index contributed by atoms with van der Waals surface area (Å²) in [5.41, 5.74) is 0. The normalized spacial score (nSPS) is 12.6. The Labute approximate surface area is 100 Å². The Kier molecular flexibility index (Phi) is 9.04. The third-order valence-corrected chi connectivity index (χ3v) is 4.70. The van der Waals surface area contributed by atoms with Crippen molar-refractivity contribution < 1.29 is 8.42 Å². The number of hydrogen-bond donors (Lipinski definition) is 0. The zero-order valence-electron chi connectivity index (χ0n) is 8.76. The predicted molar refractivity (Wildman–Crippen MR) is 72.9 cm³/mol. The van der Waals surface area contributed by atoms with E-state index in [1.807, 2.05) is 18.4 Å². The van der Waals surface area contributed by atoms with Gasteiger partial charge >= 0.3 is 0 Å². The average molecular weight is 264 g/mol. The third kappa shape index (κ3) is 10.2. The minimum absolute atomic E-state index is 0.0493. The first-order chi connectivity index (χ1) is 7.12. The van der Waals surface area contributed by atoms with Gasteiger partial charge in [0.25, 0.3) is 0 Å². The number of allylic oxidation sites excluding steroid dienone is 1. The molecule has 0 saturated carbocycles. The Morgan fingerprint density at radius 1 is 1.27 bits per heavy atom. The quantitative estimate of drug-likeness (QED) is 0.383. The van der Waals surface area contributed by atoms with Crippen molar-refractivity contribution in [2.75, 3.05) is 17.3 Å². The molecule has 0 aliphatic carbocycles. The maximum atomic E-state index is 11.2. The summed E-state index contributed by atoms with van der Waals surface area (Å²) in [6.45, 7) is 5.38. The summed E-state index contributed by atoms with van der Waals surface area (Å²) >= 11 is 0. The van der Waals surface area contributed by atoms with E-state index in [4.69, 9.17) is 0 Å². The second-order valence-corrected chi connectivity index (χ2v) is 7.16. The van der Waals surface area contributed by atoms with E-state index in [2.05, 4.69) is 12.7 Å². The lowest BCUT2D eigenvalue weighted by molar-refractivity contribution is 0.602. The summed E-state index contributed by atoms with van der Waals surface area (Å²) in [5, 5.41) is 1.81. The van der Waals surface area contributed by atoms with Crippen molar-refractivity contribution in [3.63, 3.8) is 0 Å². The first-order valence-corrected chi connectivity index (χ1v) is 8.68. The van der Waals surface area contributed by atoms with Crippen LogP contribution in [-0.2, 0) is 9.84 Å². The summed E-state index contributed by atoms with van der Waals surface area (Å²) in [6.07, 6.45) is 7.13. The van der Waals surface area contributed by atoms with E-state index in [9.17, 15) is 8.42 Å². The van der Waals surface area contributed by atoms with Crippen LogP contribution in [0.5, 0.6) is 0 Å². The molecular weight excluding hydrogens is 248 g/mol. The second-order valence-electron chi connectivity index (χ2n) is 2.69. The highest BCUT2D eigenvalue weighted by atomic mass is 33.1. The molecule has 0 aromatic carbocycles. The molecule has 0 fully saturated rings. The van der Waals surface area contributed by atoms with Crippen LogP contribution in [0.15, 0.2) is 36.3 Å². The molecular formula is C10H16O2S3. The van der Waals surface area contributed by atoms with Gasteiger partial charge in [0.15, 0.2) is 9.84 Å². The summed E-state index contributed by atoms with van der Waals surface area (Å²) in [7, 11) is 0.246. The van der Waals surface area contributed by atoms with Crippen LogP contribution < -0.4 is 0 Å². The van der Waals surface area contributed by atoms with E-state index in [0.717, 1.165) is 5.75 Å². The Morgan fingerprint density at radius 3 is 2.60 bits per heavy atom. The molecule has 0 aliphatic rings. The van der Waals surface area contributed by atoms with Crippen molar-refractivity contribution in [3.8, 4) is 0 Å². The zero-order valence-corrected chi connectivity index (χ0v) is 11.2. The third-order valence-electron chi connectivity index (χ3n) is 1.34. The first kappa shape index (κ1) is 14.9. The van der Waals surface area contributed by atoms with Gasteiger partial charge in [0, 0.05) is 5.75 Å². The summed E-state index contributed by atoms with van der Waals surface area (Å²) in [4.78, 5) is 0. The maximum Gasteiger partial charge on any atom is 0.157 e. The zero-order chi connectivity index (χ0) is 11.6. The molecule has 0 aromatic heterocycles. The van der Waals surface area contributed by atoms with Crippen LogP contribution in [0.4, 0.5) is 0 Å². The van der Waals surface area contributed by atoms with Crippen molar-refractivity contribution in [2.45, 2.75) is 6.92 Å². The number of hydrogen-bond acceptors (Lipinski definition) is 4. The number of sulfone groups is 1. The molecule has 0 aliphatic heterocycles. The molecule has 0 aromatic rings. The van der Waals surface area contributed by atoms with Gasteiger partial charge in [-0.25, -0.2) is 8.42 Å². The molecule has 0 heterocycles. The van der Waals surface area contributed by atoms with Gasteiger partial charge in [0.05, 0.1) is 11.5 Å². The first-order valence-electron chi connectivity index (χ1n) is 4.48. The van der Waals surface area contributed by atoms with Gasteiger partial charge in [-0.2, -0.15) is 0 Å². The molecule has 5 heteroatoms. The fraction of sp³-hybridized carbons (Fsp3) is 0.400. The van der Waals surface area contributed by atoms with Crippen molar-refractivity contribution in [2.24, 2.45) is 0 Å². The monoisotopic (exact) mass is 264 g/mol. The minimum atomic E-state index is -2.97. The lowest BCUT2D eigenvalue weighted by atomic mass is 10.6. The fourth-order valence-corrected chi connectivity index (χ4v) is 3.24. The Hall–Kier alpha value is -0.130. The van der Waals surface area contributed by atoms with E-state index in [1.165, 1.54) is 6.08 Å². The van der Waals surface area contributed by atoms with E-state index < -0.39 is 9.84 Å². The number of rotatable bonds is 8. The molecule has 2 nitrogen and oxygen atoms in total. The van der Waals surface area contributed by atoms with E-state index in [0.29, 0.717) is 0 Å². The van der Waals surface area contributed by atoms with Gasteiger partial charge < -0.3 is 0 Å². The van der Waals surface area contributed by atoms with Gasteiger partial charge in [0.1, 0.15) is 0 Å². The Balaban J connectivity index is 3.66. The van der Waals surface area contributed by atoms with Gasteiger partial charge in [-0.15, -0.1) is 6.58 Å². The standard InChI is InChI=1S/C10H16O2S3/c1-3-5-7-13-14-8-6-10-15(11,12)9-4-2/h3-6,8H,2,7,9-10H2,1H3. The Bertz CT molecular complexity index is 316. The highest BCUT2D eigenvalue weighted by Crippen LogP contribution is 2.22. The summed E-state index contributed by atoms with van der Waals surface area (Å²) in [6, 6.07) is 0. The van der Waals surface area contributed by atoms with Crippen LogP contribution in [0.2, 0.25) is 0 Å².